The van der Waals surface area contributed by atoms with Gasteiger partial charge in [-0.3, -0.25) is 4.79 Å². The van der Waals surface area contributed by atoms with Crippen LogP contribution in [0.3, 0.4) is 0 Å². The van der Waals surface area contributed by atoms with Crippen LogP contribution in [-0.2, 0) is 17.9 Å². The zero-order valence-corrected chi connectivity index (χ0v) is 17.6. The molecule has 1 aromatic heterocycles. The Morgan fingerprint density at radius 3 is 2.75 bits per heavy atom. The molecule has 0 atom stereocenters. The Hall–Kier alpha value is -2.31. The predicted octanol–water partition coefficient (Wildman–Crippen LogP) is 4.73. The Balaban J connectivity index is 1.55. The summed E-state index contributed by atoms with van der Waals surface area (Å²) in [4.78, 5) is 12.1. The van der Waals surface area contributed by atoms with E-state index in [4.69, 9.17) is 11.6 Å². The van der Waals surface area contributed by atoms with Crippen molar-refractivity contribution in [3.63, 3.8) is 0 Å². The van der Waals surface area contributed by atoms with Crippen molar-refractivity contribution in [2.24, 2.45) is 0 Å². The average Bonchev–Trinajstić information content (AvgIpc) is 3.10. The Kier molecular flexibility index (Phi) is 7.12. The van der Waals surface area contributed by atoms with Crippen molar-refractivity contribution in [2.75, 3.05) is 5.75 Å². The minimum absolute atomic E-state index is 0.00566. The molecule has 3 rings (SSSR count). The lowest BCUT2D eigenvalue weighted by atomic mass is 10.1. The number of rotatable bonds is 8. The van der Waals surface area contributed by atoms with Gasteiger partial charge in [0.1, 0.15) is 0 Å². The van der Waals surface area contributed by atoms with E-state index in [1.807, 2.05) is 36.4 Å². The number of amides is 1. The molecule has 1 N–H and O–H groups in total. The zero-order chi connectivity index (χ0) is 19.9. The highest BCUT2D eigenvalue weighted by molar-refractivity contribution is 7.99. The zero-order valence-electron chi connectivity index (χ0n) is 16.0. The van der Waals surface area contributed by atoms with Crippen LogP contribution in [0.1, 0.15) is 24.5 Å². The summed E-state index contributed by atoms with van der Waals surface area (Å²) in [5.41, 5.74) is 3.16. The summed E-state index contributed by atoms with van der Waals surface area (Å²) >= 11 is 7.66. The third kappa shape index (κ3) is 5.14. The van der Waals surface area contributed by atoms with Crippen LogP contribution in [0.15, 0.2) is 53.7 Å². The summed E-state index contributed by atoms with van der Waals surface area (Å²) in [5.74, 6) is 1.49. The Labute approximate surface area is 174 Å². The number of thioether (sulfide) groups is 1. The highest BCUT2D eigenvalue weighted by Crippen LogP contribution is 2.25. The van der Waals surface area contributed by atoms with Crippen molar-refractivity contribution in [2.45, 2.75) is 38.5 Å². The minimum Gasteiger partial charge on any atom is -0.352 e. The fourth-order valence-electron chi connectivity index (χ4n) is 2.84. The van der Waals surface area contributed by atoms with Crippen molar-refractivity contribution < 1.29 is 4.79 Å². The lowest BCUT2D eigenvalue weighted by Gasteiger charge is -2.08. The van der Waals surface area contributed by atoms with Gasteiger partial charge in [-0.25, -0.2) is 0 Å². The van der Waals surface area contributed by atoms with Gasteiger partial charge >= 0.3 is 0 Å². The van der Waals surface area contributed by atoms with Gasteiger partial charge in [0.2, 0.25) is 5.91 Å². The standard InChI is InChI=1S/C21H23ClN4OS/c1-3-26-20(16-9-6-7-15(2)13-16)24-25-21(26)28-12-11-19(27)23-14-17-8-4-5-10-18(17)22/h4-10,13H,3,11-12,14H2,1-2H3,(H,23,27). The summed E-state index contributed by atoms with van der Waals surface area (Å²) in [7, 11) is 0. The maximum Gasteiger partial charge on any atom is 0.221 e. The summed E-state index contributed by atoms with van der Waals surface area (Å²) in [6, 6.07) is 15.7. The molecule has 0 saturated carbocycles. The van der Waals surface area contributed by atoms with Crippen LogP contribution in [-0.4, -0.2) is 26.4 Å². The SMILES string of the molecule is CCn1c(SCCC(=O)NCc2ccccc2Cl)nnc1-c1cccc(C)c1. The smallest absolute Gasteiger partial charge is 0.221 e. The number of benzene rings is 2. The second kappa shape index (κ2) is 9.75. The number of aromatic nitrogens is 3. The number of hydrogen-bond acceptors (Lipinski definition) is 4. The molecule has 0 unspecified atom stereocenters. The molecule has 2 aromatic carbocycles. The van der Waals surface area contributed by atoms with E-state index in [2.05, 4.69) is 46.1 Å². The second-order valence-electron chi connectivity index (χ2n) is 6.39. The van der Waals surface area contributed by atoms with Crippen LogP contribution in [0, 0.1) is 6.92 Å². The molecule has 0 spiro atoms. The predicted molar refractivity (Wildman–Crippen MR) is 115 cm³/mol. The molecule has 1 heterocycles. The van der Waals surface area contributed by atoms with Gasteiger partial charge in [-0.1, -0.05) is 65.3 Å². The molecule has 5 nitrogen and oxygen atoms in total. The molecule has 3 aromatic rings. The average molecular weight is 415 g/mol. The van der Waals surface area contributed by atoms with Gasteiger partial charge in [0.05, 0.1) is 0 Å². The lowest BCUT2D eigenvalue weighted by molar-refractivity contribution is -0.120. The number of halogens is 1. The molecule has 146 valence electrons. The molecule has 0 aliphatic carbocycles. The number of nitrogens with one attached hydrogen (secondary N) is 1. The molecule has 1 amide bonds. The largest absolute Gasteiger partial charge is 0.352 e. The van der Waals surface area contributed by atoms with Gasteiger partial charge in [0.15, 0.2) is 11.0 Å². The van der Waals surface area contributed by atoms with Gasteiger partial charge in [-0.15, -0.1) is 10.2 Å². The van der Waals surface area contributed by atoms with Gasteiger partial charge < -0.3 is 9.88 Å². The first-order chi connectivity index (χ1) is 13.6. The quantitative estimate of drug-likeness (QED) is 0.541. The van der Waals surface area contributed by atoms with Crippen molar-refractivity contribution in [1.82, 2.24) is 20.1 Å². The van der Waals surface area contributed by atoms with E-state index in [0.29, 0.717) is 23.7 Å². The lowest BCUT2D eigenvalue weighted by Crippen LogP contribution is -2.23. The monoisotopic (exact) mass is 414 g/mol. The molecule has 0 fully saturated rings. The molecule has 0 saturated heterocycles. The van der Waals surface area contributed by atoms with Crippen molar-refractivity contribution in [3.8, 4) is 11.4 Å². The van der Waals surface area contributed by atoms with E-state index in [1.165, 1.54) is 5.56 Å². The fraction of sp³-hybridized carbons (Fsp3) is 0.286. The van der Waals surface area contributed by atoms with Crippen LogP contribution < -0.4 is 5.32 Å². The van der Waals surface area contributed by atoms with E-state index < -0.39 is 0 Å². The summed E-state index contributed by atoms with van der Waals surface area (Å²) in [6.07, 6.45) is 0.408. The first kappa shape index (κ1) is 20.4. The van der Waals surface area contributed by atoms with E-state index >= 15 is 0 Å². The Bertz CT molecular complexity index is 957. The maximum absolute atomic E-state index is 12.1. The van der Waals surface area contributed by atoms with Crippen molar-refractivity contribution in [1.29, 1.82) is 0 Å². The van der Waals surface area contributed by atoms with Crippen molar-refractivity contribution in [3.05, 3.63) is 64.7 Å². The third-order valence-electron chi connectivity index (χ3n) is 4.30. The molecule has 7 heteroatoms. The fourth-order valence-corrected chi connectivity index (χ4v) is 3.98. The van der Waals surface area contributed by atoms with Gasteiger partial charge in [-0.2, -0.15) is 0 Å². The molecular weight excluding hydrogens is 392 g/mol. The van der Waals surface area contributed by atoms with E-state index in [0.717, 1.165) is 28.7 Å². The highest BCUT2D eigenvalue weighted by atomic mass is 35.5. The third-order valence-corrected chi connectivity index (χ3v) is 5.64. The number of nitrogens with zero attached hydrogens (tertiary/aromatic N) is 3. The molecular formula is C21H23ClN4OS. The summed E-state index contributed by atoms with van der Waals surface area (Å²) < 4.78 is 2.08. The summed E-state index contributed by atoms with van der Waals surface area (Å²) in [5, 5.41) is 13.1. The molecule has 0 bridgehead atoms. The first-order valence-corrected chi connectivity index (χ1v) is 10.6. The second-order valence-corrected chi connectivity index (χ2v) is 7.86. The van der Waals surface area contributed by atoms with Crippen LogP contribution in [0.5, 0.6) is 0 Å². The number of carbonyl (C=O) groups excluding carboxylic acids is 1. The van der Waals surface area contributed by atoms with Crippen molar-refractivity contribution >= 4 is 29.3 Å². The number of aryl methyl sites for hydroxylation is 1. The number of carbonyl (C=O) groups is 1. The van der Waals surface area contributed by atoms with E-state index in [-0.39, 0.29) is 5.91 Å². The number of hydrogen-bond donors (Lipinski definition) is 1. The Morgan fingerprint density at radius 2 is 2.00 bits per heavy atom. The maximum atomic E-state index is 12.1. The van der Waals surface area contributed by atoms with Crippen LogP contribution in [0.25, 0.3) is 11.4 Å². The molecule has 0 aliphatic heterocycles. The van der Waals surface area contributed by atoms with E-state index in [9.17, 15) is 4.79 Å². The first-order valence-electron chi connectivity index (χ1n) is 9.21. The molecule has 28 heavy (non-hydrogen) atoms. The Morgan fingerprint density at radius 1 is 1.18 bits per heavy atom. The van der Waals surface area contributed by atoms with Crippen LogP contribution >= 0.6 is 23.4 Å². The minimum atomic E-state index is -0.00566. The highest BCUT2D eigenvalue weighted by Gasteiger charge is 2.14. The van der Waals surface area contributed by atoms with Crippen LogP contribution in [0.4, 0.5) is 0 Å². The van der Waals surface area contributed by atoms with Crippen LogP contribution in [0.2, 0.25) is 5.02 Å². The van der Waals surface area contributed by atoms with Gasteiger partial charge in [0.25, 0.3) is 0 Å². The van der Waals surface area contributed by atoms with Gasteiger partial charge in [0, 0.05) is 35.8 Å². The normalized spacial score (nSPS) is 10.8. The summed E-state index contributed by atoms with van der Waals surface area (Å²) in [6.45, 7) is 5.35. The van der Waals surface area contributed by atoms with Gasteiger partial charge in [-0.05, 0) is 31.5 Å². The topological polar surface area (TPSA) is 59.8 Å². The van der Waals surface area contributed by atoms with E-state index in [1.54, 1.807) is 11.8 Å². The molecule has 0 radical (unpaired) electrons. The molecule has 0 aliphatic rings.